The van der Waals surface area contributed by atoms with Crippen LogP contribution in [0.4, 0.5) is 5.13 Å². The first-order chi connectivity index (χ1) is 12.6. The van der Waals surface area contributed by atoms with E-state index in [0.717, 1.165) is 29.2 Å². The Morgan fingerprint density at radius 2 is 1.89 bits per heavy atom. The first kappa shape index (κ1) is 22.2. The number of carbonyl (C=O) groups is 1. The lowest BCUT2D eigenvalue weighted by Gasteiger charge is -2.18. The maximum atomic E-state index is 12.3. The van der Waals surface area contributed by atoms with E-state index in [-0.39, 0.29) is 11.3 Å². The third kappa shape index (κ3) is 6.18. The molecule has 0 saturated heterocycles. The van der Waals surface area contributed by atoms with Crippen LogP contribution in [0.2, 0.25) is 10.0 Å². The number of halogens is 2. The van der Waals surface area contributed by atoms with Gasteiger partial charge in [-0.05, 0) is 30.8 Å². The molecule has 148 valence electrons. The first-order valence-electron chi connectivity index (χ1n) is 9.10. The number of carbonyl (C=O) groups excluding carboxylic acids is 1. The van der Waals surface area contributed by atoms with E-state index in [0.29, 0.717) is 28.1 Å². The molecule has 1 aromatic carbocycles. The van der Waals surface area contributed by atoms with Crippen LogP contribution in [0.1, 0.15) is 50.8 Å². The summed E-state index contributed by atoms with van der Waals surface area (Å²) in [6.45, 7) is 12.5. The van der Waals surface area contributed by atoms with Gasteiger partial charge in [-0.1, -0.05) is 63.9 Å². The Bertz CT molecular complexity index is 795. The van der Waals surface area contributed by atoms with Crippen molar-refractivity contribution in [3.63, 3.8) is 0 Å². The third-order valence-corrected chi connectivity index (χ3v) is 5.84. The van der Waals surface area contributed by atoms with Crippen LogP contribution in [0.3, 0.4) is 0 Å². The Labute approximate surface area is 175 Å². The number of likely N-dealkylation sites (N-methyl/N-ethyl adjacent to an activating group) is 1. The van der Waals surface area contributed by atoms with Crippen LogP contribution in [-0.4, -0.2) is 35.4 Å². The smallest absolute Gasteiger partial charge is 0.240 e. The number of hydrogen-bond donors (Lipinski definition) is 1. The molecule has 0 radical (unpaired) electrons. The van der Waals surface area contributed by atoms with E-state index in [2.05, 4.69) is 31.0 Å². The minimum atomic E-state index is -0.132. The van der Waals surface area contributed by atoms with Crippen molar-refractivity contribution < 1.29 is 4.79 Å². The summed E-state index contributed by atoms with van der Waals surface area (Å²) < 4.78 is 0. The van der Waals surface area contributed by atoms with E-state index in [9.17, 15) is 4.79 Å². The third-order valence-electron chi connectivity index (χ3n) is 4.28. The number of rotatable bonds is 7. The second-order valence-corrected chi connectivity index (χ2v) is 9.39. The molecule has 0 aliphatic carbocycles. The van der Waals surface area contributed by atoms with Gasteiger partial charge in [0.25, 0.3) is 0 Å². The Morgan fingerprint density at radius 3 is 2.44 bits per heavy atom. The van der Waals surface area contributed by atoms with Gasteiger partial charge in [0.15, 0.2) is 5.13 Å². The SMILES string of the molecule is CCN(CC)CC(=O)Nc1nc(C(C)(C)C)c(Cc2ccc(Cl)cc2Cl)s1. The van der Waals surface area contributed by atoms with Crippen LogP contribution in [0.5, 0.6) is 0 Å². The van der Waals surface area contributed by atoms with Crippen molar-refractivity contribution in [1.29, 1.82) is 0 Å². The largest absolute Gasteiger partial charge is 0.301 e. The number of nitrogens with one attached hydrogen (secondary N) is 1. The number of aromatic nitrogens is 1. The van der Waals surface area contributed by atoms with Crippen LogP contribution >= 0.6 is 34.5 Å². The summed E-state index contributed by atoms with van der Waals surface area (Å²) in [7, 11) is 0. The minimum Gasteiger partial charge on any atom is -0.301 e. The number of amides is 1. The molecule has 0 aliphatic rings. The van der Waals surface area contributed by atoms with Gasteiger partial charge < -0.3 is 5.32 Å². The van der Waals surface area contributed by atoms with Crippen molar-refractivity contribution in [3.05, 3.63) is 44.4 Å². The summed E-state index contributed by atoms with van der Waals surface area (Å²) in [4.78, 5) is 20.2. The van der Waals surface area contributed by atoms with Gasteiger partial charge in [-0.15, -0.1) is 11.3 Å². The van der Waals surface area contributed by atoms with Crippen molar-refractivity contribution >= 4 is 45.6 Å². The second-order valence-electron chi connectivity index (χ2n) is 7.46. The van der Waals surface area contributed by atoms with Gasteiger partial charge in [-0.25, -0.2) is 4.98 Å². The standard InChI is InChI=1S/C20H27Cl2N3OS/c1-6-25(7-2)12-17(26)23-19-24-18(20(3,4)5)16(27-19)10-13-8-9-14(21)11-15(13)22/h8-9,11H,6-7,10,12H2,1-5H3,(H,23,24,26). The number of nitrogens with zero attached hydrogens (tertiary/aromatic N) is 2. The number of anilines is 1. The molecular weight excluding hydrogens is 401 g/mol. The monoisotopic (exact) mass is 427 g/mol. The number of thiazole rings is 1. The summed E-state index contributed by atoms with van der Waals surface area (Å²) in [5, 5.41) is 4.85. The molecule has 0 bridgehead atoms. The fraction of sp³-hybridized carbons (Fsp3) is 0.500. The molecular formula is C20H27Cl2N3OS. The molecule has 4 nitrogen and oxygen atoms in total. The summed E-state index contributed by atoms with van der Waals surface area (Å²) in [6.07, 6.45) is 0.659. The van der Waals surface area contributed by atoms with E-state index in [1.54, 1.807) is 6.07 Å². The predicted octanol–water partition coefficient (Wildman–Crippen LogP) is 5.62. The summed E-state index contributed by atoms with van der Waals surface area (Å²) in [5.74, 6) is -0.0380. The molecule has 0 unspecified atom stereocenters. The highest BCUT2D eigenvalue weighted by Gasteiger charge is 2.24. The highest BCUT2D eigenvalue weighted by atomic mass is 35.5. The van der Waals surface area contributed by atoms with Gasteiger partial charge in [0.05, 0.1) is 12.2 Å². The molecule has 1 heterocycles. The molecule has 0 spiro atoms. The molecule has 0 fully saturated rings. The van der Waals surface area contributed by atoms with Crippen LogP contribution < -0.4 is 5.32 Å². The molecule has 2 aromatic rings. The average Bonchev–Trinajstić information content (AvgIpc) is 2.98. The number of benzene rings is 1. The maximum absolute atomic E-state index is 12.3. The van der Waals surface area contributed by atoms with Crippen molar-refractivity contribution in [2.75, 3.05) is 25.0 Å². The number of hydrogen-bond acceptors (Lipinski definition) is 4. The zero-order valence-electron chi connectivity index (χ0n) is 16.5. The lowest BCUT2D eigenvalue weighted by atomic mass is 9.90. The van der Waals surface area contributed by atoms with Crippen molar-refractivity contribution in [3.8, 4) is 0 Å². The highest BCUT2D eigenvalue weighted by molar-refractivity contribution is 7.15. The molecule has 7 heteroatoms. The minimum absolute atomic E-state index is 0.0380. The van der Waals surface area contributed by atoms with Gasteiger partial charge in [0.1, 0.15) is 0 Å². The van der Waals surface area contributed by atoms with Gasteiger partial charge in [-0.2, -0.15) is 0 Å². The predicted molar refractivity (Wildman–Crippen MR) is 116 cm³/mol. The molecule has 1 amide bonds. The van der Waals surface area contributed by atoms with E-state index >= 15 is 0 Å². The van der Waals surface area contributed by atoms with Crippen LogP contribution in [-0.2, 0) is 16.6 Å². The Balaban J connectivity index is 2.25. The lowest BCUT2D eigenvalue weighted by molar-refractivity contribution is -0.117. The van der Waals surface area contributed by atoms with Crippen molar-refractivity contribution in [2.45, 2.75) is 46.5 Å². The molecule has 1 N–H and O–H groups in total. The van der Waals surface area contributed by atoms with Gasteiger partial charge in [0.2, 0.25) is 5.91 Å². The van der Waals surface area contributed by atoms with E-state index < -0.39 is 0 Å². The average molecular weight is 428 g/mol. The molecule has 0 saturated carbocycles. The Hall–Kier alpha value is -1.14. The summed E-state index contributed by atoms with van der Waals surface area (Å²) >= 11 is 13.9. The van der Waals surface area contributed by atoms with Gasteiger partial charge in [0, 0.05) is 26.8 Å². The summed E-state index contributed by atoms with van der Waals surface area (Å²) in [6, 6.07) is 5.53. The molecule has 2 rings (SSSR count). The van der Waals surface area contributed by atoms with E-state index in [1.807, 2.05) is 26.0 Å². The van der Waals surface area contributed by atoms with Crippen LogP contribution in [0.15, 0.2) is 18.2 Å². The van der Waals surface area contributed by atoms with Gasteiger partial charge >= 0.3 is 0 Å². The fourth-order valence-electron chi connectivity index (χ4n) is 2.76. The second kappa shape index (κ2) is 9.37. The lowest BCUT2D eigenvalue weighted by Crippen LogP contribution is -2.32. The fourth-order valence-corrected chi connectivity index (χ4v) is 4.44. The summed E-state index contributed by atoms with van der Waals surface area (Å²) in [5.41, 5.74) is 1.85. The zero-order chi connectivity index (χ0) is 20.2. The molecule has 27 heavy (non-hydrogen) atoms. The van der Waals surface area contributed by atoms with Crippen LogP contribution in [0.25, 0.3) is 0 Å². The van der Waals surface area contributed by atoms with Crippen molar-refractivity contribution in [1.82, 2.24) is 9.88 Å². The van der Waals surface area contributed by atoms with Crippen molar-refractivity contribution in [2.24, 2.45) is 0 Å². The molecule has 1 aromatic heterocycles. The zero-order valence-corrected chi connectivity index (χ0v) is 18.9. The Morgan fingerprint density at radius 1 is 1.22 bits per heavy atom. The highest BCUT2D eigenvalue weighted by Crippen LogP contribution is 2.35. The quantitative estimate of drug-likeness (QED) is 0.623. The molecule has 0 aliphatic heterocycles. The topological polar surface area (TPSA) is 45.2 Å². The van der Waals surface area contributed by atoms with Crippen LogP contribution in [0, 0.1) is 0 Å². The first-order valence-corrected chi connectivity index (χ1v) is 10.7. The Kier molecular flexibility index (Phi) is 7.69. The maximum Gasteiger partial charge on any atom is 0.240 e. The normalized spacial score (nSPS) is 11.9. The van der Waals surface area contributed by atoms with E-state index in [4.69, 9.17) is 28.2 Å². The van der Waals surface area contributed by atoms with Gasteiger partial charge in [-0.3, -0.25) is 9.69 Å². The van der Waals surface area contributed by atoms with E-state index in [1.165, 1.54) is 11.3 Å². The molecule has 0 atom stereocenters.